The Labute approximate surface area is 113 Å². The molecule has 1 aromatic carbocycles. The number of carbonyl (C=O) groups is 1. The number of hydrogen-bond acceptors (Lipinski definition) is 3. The van der Waals surface area contributed by atoms with E-state index in [0.717, 1.165) is 7.11 Å². The van der Waals surface area contributed by atoms with E-state index in [9.17, 15) is 9.18 Å². The third-order valence-corrected chi connectivity index (χ3v) is 2.67. The molecular formula is C15H21FO3. The molecule has 1 N–H and O–H groups in total. The Kier molecular flexibility index (Phi) is 5.96. The van der Waals surface area contributed by atoms with Crippen molar-refractivity contribution in [3.05, 3.63) is 35.4 Å². The largest absolute Gasteiger partial charge is 0.467 e. The number of halogens is 1. The SMILES string of the molecule is C1CC1.COC(=O)C(C)(F)Cc1cccc(CO)c1. The van der Waals surface area contributed by atoms with Crippen molar-refractivity contribution in [2.45, 2.75) is 44.9 Å². The van der Waals surface area contributed by atoms with Crippen molar-refractivity contribution in [2.24, 2.45) is 0 Å². The molecule has 106 valence electrons. The van der Waals surface area contributed by atoms with Gasteiger partial charge >= 0.3 is 5.97 Å². The molecule has 0 heterocycles. The first-order valence-electron chi connectivity index (χ1n) is 6.45. The van der Waals surface area contributed by atoms with Crippen LogP contribution in [0, 0.1) is 0 Å². The Bertz CT molecular complexity index is 411. The van der Waals surface area contributed by atoms with Gasteiger partial charge in [0.25, 0.3) is 0 Å². The smallest absolute Gasteiger partial charge is 0.343 e. The maximum Gasteiger partial charge on any atom is 0.343 e. The zero-order valence-electron chi connectivity index (χ0n) is 11.5. The summed E-state index contributed by atoms with van der Waals surface area (Å²) < 4.78 is 18.2. The molecule has 0 bridgehead atoms. The maximum absolute atomic E-state index is 13.9. The Hall–Kier alpha value is -1.42. The molecule has 0 radical (unpaired) electrons. The second-order valence-corrected chi connectivity index (χ2v) is 4.90. The van der Waals surface area contributed by atoms with Crippen molar-refractivity contribution in [2.75, 3.05) is 7.11 Å². The van der Waals surface area contributed by atoms with Gasteiger partial charge in [-0.3, -0.25) is 0 Å². The van der Waals surface area contributed by atoms with E-state index in [1.54, 1.807) is 24.3 Å². The molecule has 0 saturated heterocycles. The molecular weight excluding hydrogens is 247 g/mol. The van der Waals surface area contributed by atoms with E-state index in [0.29, 0.717) is 11.1 Å². The average molecular weight is 268 g/mol. The van der Waals surface area contributed by atoms with Gasteiger partial charge in [-0.1, -0.05) is 43.5 Å². The van der Waals surface area contributed by atoms with Gasteiger partial charge in [0.15, 0.2) is 0 Å². The summed E-state index contributed by atoms with van der Waals surface area (Å²) in [6.07, 6.45) is 4.44. The average Bonchev–Trinajstić information content (AvgIpc) is 3.25. The quantitative estimate of drug-likeness (QED) is 0.854. The number of ether oxygens (including phenoxy) is 1. The fraction of sp³-hybridized carbons (Fsp3) is 0.533. The minimum absolute atomic E-state index is 0.0620. The van der Waals surface area contributed by atoms with Crippen LogP contribution in [0.25, 0.3) is 0 Å². The van der Waals surface area contributed by atoms with Gasteiger partial charge in [0.2, 0.25) is 5.67 Å². The van der Waals surface area contributed by atoms with Crippen molar-refractivity contribution < 1.29 is 19.0 Å². The highest BCUT2D eigenvalue weighted by molar-refractivity contribution is 5.79. The second-order valence-electron chi connectivity index (χ2n) is 4.90. The first-order valence-corrected chi connectivity index (χ1v) is 6.45. The summed E-state index contributed by atoms with van der Waals surface area (Å²) in [6, 6.07) is 6.83. The van der Waals surface area contributed by atoms with Crippen LogP contribution >= 0.6 is 0 Å². The topological polar surface area (TPSA) is 46.5 Å². The minimum Gasteiger partial charge on any atom is -0.467 e. The molecule has 19 heavy (non-hydrogen) atoms. The lowest BCUT2D eigenvalue weighted by atomic mass is 9.97. The van der Waals surface area contributed by atoms with E-state index in [4.69, 9.17) is 5.11 Å². The summed E-state index contributed by atoms with van der Waals surface area (Å²) in [4.78, 5) is 11.1. The first kappa shape index (κ1) is 15.6. The molecule has 4 heteroatoms. The van der Waals surface area contributed by atoms with Crippen LogP contribution in [0.1, 0.15) is 37.3 Å². The van der Waals surface area contributed by atoms with Gasteiger partial charge in [-0.25, -0.2) is 9.18 Å². The highest BCUT2D eigenvalue weighted by Gasteiger charge is 2.34. The molecule has 0 amide bonds. The molecule has 1 aliphatic rings. The first-order chi connectivity index (χ1) is 8.99. The van der Waals surface area contributed by atoms with Crippen LogP contribution in [0.5, 0.6) is 0 Å². The highest BCUT2D eigenvalue weighted by atomic mass is 19.1. The number of carbonyl (C=O) groups excluding carboxylic acids is 1. The predicted molar refractivity (Wildman–Crippen MR) is 71.4 cm³/mol. The van der Waals surface area contributed by atoms with E-state index in [-0.39, 0.29) is 13.0 Å². The highest BCUT2D eigenvalue weighted by Crippen LogP contribution is 2.20. The van der Waals surface area contributed by atoms with Gasteiger partial charge in [-0.05, 0) is 18.1 Å². The second kappa shape index (κ2) is 7.24. The standard InChI is InChI=1S/C12H15FO3.C3H6/c1-12(13,11(15)16-2)7-9-4-3-5-10(6-9)8-14;1-2-3-1/h3-6,14H,7-8H2,1-2H3;1-3H2. The Morgan fingerprint density at radius 2 is 1.95 bits per heavy atom. The number of alkyl halides is 1. The molecule has 3 nitrogen and oxygen atoms in total. The molecule has 2 rings (SSSR count). The lowest BCUT2D eigenvalue weighted by Gasteiger charge is -2.17. The number of benzene rings is 1. The number of aliphatic hydroxyl groups excluding tert-OH is 1. The van der Waals surface area contributed by atoms with E-state index >= 15 is 0 Å². The van der Waals surface area contributed by atoms with Gasteiger partial charge in [0.1, 0.15) is 0 Å². The van der Waals surface area contributed by atoms with Crippen molar-refractivity contribution in [1.82, 2.24) is 0 Å². The maximum atomic E-state index is 13.9. The molecule has 1 aromatic rings. The van der Waals surface area contributed by atoms with Gasteiger partial charge in [0.05, 0.1) is 13.7 Å². The zero-order chi connectivity index (χ0) is 14.3. The van der Waals surface area contributed by atoms with Gasteiger partial charge in [0, 0.05) is 6.42 Å². The molecule has 0 aromatic heterocycles. The van der Waals surface area contributed by atoms with Gasteiger partial charge in [-0.2, -0.15) is 0 Å². The van der Waals surface area contributed by atoms with Crippen LogP contribution in [-0.4, -0.2) is 23.9 Å². The summed E-state index contributed by atoms with van der Waals surface area (Å²) >= 11 is 0. The molecule has 1 fully saturated rings. The van der Waals surface area contributed by atoms with Crippen LogP contribution in [0.3, 0.4) is 0 Å². The molecule has 1 unspecified atom stereocenters. The van der Waals surface area contributed by atoms with E-state index in [2.05, 4.69) is 4.74 Å². The van der Waals surface area contributed by atoms with Crippen LogP contribution in [0.15, 0.2) is 24.3 Å². The normalized spacial score (nSPS) is 15.8. The molecule has 1 atom stereocenters. The summed E-state index contributed by atoms with van der Waals surface area (Å²) in [6.45, 7) is 1.08. The lowest BCUT2D eigenvalue weighted by Crippen LogP contribution is -2.33. The van der Waals surface area contributed by atoms with Crippen LogP contribution in [-0.2, 0) is 22.6 Å². The fourth-order valence-electron chi connectivity index (χ4n) is 1.51. The monoisotopic (exact) mass is 268 g/mol. The lowest BCUT2D eigenvalue weighted by molar-refractivity contribution is -0.153. The summed E-state index contributed by atoms with van der Waals surface area (Å²) in [5, 5.41) is 8.93. The number of esters is 1. The van der Waals surface area contributed by atoms with Crippen LogP contribution < -0.4 is 0 Å². The zero-order valence-corrected chi connectivity index (χ0v) is 11.5. The van der Waals surface area contributed by atoms with Crippen LogP contribution in [0.2, 0.25) is 0 Å². The summed E-state index contributed by atoms with van der Waals surface area (Å²) in [5.74, 6) is -0.887. The third kappa shape index (κ3) is 5.83. The number of hydrogen-bond donors (Lipinski definition) is 1. The van der Waals surface area contributed by atoms with Crippen molar-refractivity contribution >= 4 is 5.97 Å². The minimum atomic E-state index is -2.04. The summed E-state index contributed by atoms with van der Waals surface area (Å²) in [7, 11) is 1.16. The van der Waals surface area contributed by atoms with E-state index < -0.39 is 11.6 Å². The van der Waals surface area contributed by atoms with Gasteiger partial charge in [-0.15, -0.1) is 0 Å². The third-order valence-electron chi connectivity index (χ3n) is 2.67. The van der Waals surface area contributed by atoms with E-state index in [1.807, 2.05) is 0 Å². The Balaban J connectivity index is 0.000000524. The van der Waals surface area contributed by atoms with Crippen molar-refractivity contribution in [1.29, 1.82) is 0 Å². The molecule has 1 aliphatic carbocycles. The Morgan fingerprint density at radius 1 is 1.37 bits per heavy atom. The van der Waals surface area contributed by atoms with E-state index in [1.165, 1.54) is 26.2 Å². The molecule has 0 spiro atoms. The number of rotatable bonds is 4. The fourth-order valence-corrected chi connectivity index (χ4v) is 1.51. The molecule has 0 aliphatic heterocycles. The molecule has 1 saturated carbocycles. The van der Waals surface area contributed by atoms with Crippen LogP contribution in [0.4, 0.5) is 4.39 Å². The Morgan fingerprint density at radius 3 is 2.42 bits per heavy atom. The van der Waals surface area contributed by atoms with Crippen molar-refractivity contribution in [3.8, 4) is 0 Å². The number of aliphatic hydroxyl groups is 1. The van der Waals surface area contributed by atoms with Gasteiger partial charge < -0.3 is 9.84 Å². The summed E-state index contributed by atoms with van der Waals surface area (Å²) in [5.41, 5.74) is -0.692. The van der Waals surface area contributed by atoms with Crippen molar-refractivity contribution in [3.63, 3.8) is 0 Å². The predicted octanol–water partition coefficient (Wildman–Crippen LogP) is 2.79. The number of methoxy groups -OCH3 is 1.